The minimum atomic E-state index is -3.27. The van der Waals surface area contributed by atoms with Crippen molar-refractivity contribution in [2.24, 2.45) is 4.99 Å². The molecule has 0 spiro atoms. The minimum Gasteiger partial charge on any atom is -0.378 e. The van der Waals surface area contributed by atoms with Crippen LogP contribution in [0.3, 0.4) is 0 Å². The fourth-order valence-corrected chi connectivity index (χ4v) is 4.16. The predicted molar refractivity (Wildman–Crippen MR) is 125 cm³/mol. The molecule has 28 heavy (non-hydrogen) atoms. The van der Waals surface area contributed by atoms with Crippen LogP contribution in [0.4, 0.5) is 0 Å². The number of rotatable bonds is 8. The Morgan fingerprint density at radius 2 is 1.82 bits per heavy atom. The van der Waals surface area contributed by atoms with E-state index in [2.05, 4.69) is 22.3 Å². The number of hydrogen-bond donors (Lipinski definition) is 1. The summed E-state index contributed by atoms with van der Waals surface area (Å²) in [5, 5.41) is 3.31. The first kappa shape index (κ1) is 25.1. The molecule has 0 unspecified atom stereocenters. The Kier molecular flexibility index (Phi) is 11.3. The Hall–Kier alpha value is -0.910. The highest BCUT2D eigenvalue weighted by Gasteiger charge is 2.27. The Labute approximate surface area is 186 Å². The minimum absolute atomic E-state index is 0. The number of nitrogens with zero attached hydrogens (tertiary/aromatic N) is 3. The van der Waals surface area contributed by atoms with Gasteiger partial charge in [-0.1, -0.05) is 30.3 Å². The first-order valence-electron chi connectivity index (χ1n) is 9.59. The van der Waals surface area contributed by atoms with E-state index >= 15 is 0 Å². The lowest BCUT2D eigenvalue weighted by atomic mass is 10.2. The van der Waals surface area contributed by atoms with Crippen molar-refractivity contribution in [3.63, 3.8) is 0 Å². The van der Waals surface area contributed by atoms with Crippen LogP contribution in [0, 0.1) is 0 Å². The highest BCUT2D eigenvalue weighted by Crippen LogP contribution is 2.10. The van der Waals surface area contributed by atoms with Gasteiger partial charge in [0.1, 0.15) is 0 Å². The molecule has 0 amide bonds. The van der Waals surface area contributed by atoms with Crippen LogP contribution in [0.15, 0.2) is 35.3 Å². The van der Waals surface area contributed by atoms with E-state index in [1.165, 1.54) is 0 Å². The monoisotopic (exact) mass is 524 g/mol. The van der Waals surface area contributed by atoms with Gasteiger partial charge >= 0.3 is 0 Å². The number of piperazine rings is 1. The lowest BCUT2D eigenvalue weighted by Gasteiger charge is -2.36. The topological polar surface area (TPSA) is 74.2 Å². The summed E-state index contributed by atoms with van der Waals surface area (Å²) >= 11 is 0. The Bertz CT molecular complexity index is 690. The smallest absolute Gasteiger partial charge is 0.216 e. The fraction of sp³-hybridized carbons (Fsp3) is 0.632. The van der Waals surface area contributed by atoms with Crippen LogP contribution >= 0.6 is 24.0 Å². The maximum absolute atomic E-state index is 12.5. The van der Waals surface area contributed by atoms with Crippen LogP contribution in [0.5, 0.6) is 0 Å². The summed E-state index contributed by atoms with van der Waals surface area (Å²) in [7, 11) is -3.27. The second-order valence-electron chi connectivity index (χ2n) is 6.78. The Balaban J connectivity index is 0.00000392. The molecule has 1 saturated heterocycles. The molecule has 0 bridgehead atoms. The average molecular weight is 524 g/mol. The zero-order valence-corrected chi connectivity index (χ0v) is 20.2. The van der Waals surface area contributed by atoms with Crippen LogP contribution < -0.4 is 5.32 Å². The molecule has 1 N–H and O–H groups in total. The van der Waals surface area contributed by atoms with Crippen LogP contribution in [-0.4, -0.2) is 74.8 Å². The molecule has 0 aliphatic carbocycles. The maximum Gasteiger partial charge on any atom is 0.216 e. The van der Waals surface area contributed by atoms with E-state index in [0.29, 0.717) is 32.7 Å². The lowest BCUT2D eigenvalue weighted by molar-refractivity contribution is 0.0904. The molecule has 160 valence electrons. The molecule has 0 aromatic heterocycles. The summed E-state index contributed by atoms with van der Waals surface area (Å²) in [4.78, 5) is 6.84. The molecule has 0 atom stereocenters. The number of ether oxygens (including phenoxy) is 1. The number of aliphatic imine (C=N–C) groups is 1. The summed E-state index contributed by atoms with van der Waals surface area (Å²) in [6.45, 7) is 9.67. The van der Waals surface area contributed by atoms with E-state index in [4.69, 9.17) is 9.73 Å². The molecule has 1 aromatic carbocycles. The summed E-state index contributed by atoms with van der Waals surface area (Å²) < 4.78 is 31.9. The molecule has 1 fully saturated rings. The molecule has 7 nitrogen and oxygen atoms in total. The third-order valence-corrected chi connectivity index (χ3v) is 6.15. The molecule has 9 heteroatoms. The van der Waals surface area contributed by atoms with Crippen LogP contribution in [0.25, 0.3) is 0 Å². The van der Waals surface area contributed by atoms with E-state index in [9.17, 15) is 8.42 Å². The van der Waals surface area contributed by atoms with Crippen molar-refractivity contribution in [2.75, 3.05) is 45.1 Å². The van der Waals surface area contributed by atoms with Gasteiger partial charge in [0.05, 0.1) is 25.0 Å². The highest BCUT2D eigenvalue weighted by molar-refractivity contribution is 14.0. The van der Waals surface area contributed by atoms with Crippen molar-refractivity contribution < 1.29 is 13.2 Å². The van der Waals surface area contributed by atoms with Crippen LogP contribution in [0.2, 0.25) is 0 Å². The molecular formula is C19H33IN4O3S. The zero-order chi connectivity index (χ0) is 19.7. The predicted octanol–water partition coefficient (Wildman–Crippen LogP) is 2.14. The van der Waals surface area contributed by atoms with E-state index in [0.717, 1.165) is 18.1 Å². The number of sulfonamides is 1. The number of guanidine groups is 1. The standard InChI is InChI=1S/C19H32N4O3S.HI/c1-4-20-19(21-16-18-8-6-5-7-9-18)22-10-12-23(13-11-22)27(24,25)15-14-26-17(2)3;/h5-9,17H,4,10-16H2,1-3H3,(H,20,21);1H. The van der Waals surface area contributed by atoms with E-state index in [1.54, 1.807) is 4.31 Å². The number of nitrogens with one attached hydrogen (secondary N) is 1. The van der Waals surface area contributed by atoms with Gasteiger partial charge in [0.2, 0.25) is 10.0 Å². The molecular weight excluding hydrogens is 491 g/mol. The van der Waals surface area contributed by atoms with Crippen molar-refractivity contribution in [2.45, 2.75) is 33.4 Å². The number of halogens is 1. The van der Waals surface area contributed by atoms with Crippen LogP contribution in [-0.2, 0) is 21.3 Å². The highest BCUT2D eigenvalue weighted by atomic mass is 127. The summed E-state index contributed by atoms with van der Waals surface area (Å²) in [6, 6.07) is 10.1. The molecule has 1 aliphatic rings. The quantitative estimate of drug-likeness (QED) is 0.321. The van der Waals surface area contributed by atoms with Gasteiger partial charge < -0.3 is 15.0 Å². The molecule has 1 aliphatic heterocycles. The third-order valence-electron chi connectivity index (χ3n) is 4.31. The Morgan fingerprint density at radius 1 is 1.18 bits per heavy atom. The van der Waals surface area contributed by atoms with Gasteiger partial charge in [-0.15, -0.1) is 24.0 Å². The second-order valence-corrected chi connectivity index (χ2v) is 8.87. The SMILES string of the molecule is CCNC(=NCc1ccccc1)N1CCN(S(=O)(=O)CCOC(C)C)CC1.I. The van der Waals surface area contributed by atoms with Crippen molar-refractivity contribution in [3.8, 4) is 0 Å². The van der Waals surface area contributed by atoms with Crippen molar-refractivity contribution in [1.82, 2.24) is 14.5 Å². The van der Waals surface area contributed by atoms with Gasteiger partial charge in [-0.2, -0.15) is 4.31 Å². The number of benzene rings is 1. The number of hydrogen-bond acceptors (Lipinski definition) is 4. The second kappa shape index (κ2) is 12.6. The van der Waals surface area contributed by atoms with Crippen molar-refractivity contribution >= 4 is 40.0 Å². The van der Waals surface area contributed by atoms with Gasteiger partial charge in [-0.05, 0) is 26.3 Å². The third kappa shape index (κ3) is 8.22. The first-order valence-corrected chi connectivity index (χ1v) is 11.2. The Morgan fingerprint density at radius 3 is 2.39 bits per heavy atom. The normalized spacial score (nSPS) is 16.1. The summed E-state index contributed by atoms with van der Waals surface area (Å²) in [5.41, 5.74) is 1.15. The maximum atomic E-state index is 12.5. The van der Waals surface area contributed by atoms with E-state index in [1.807, 2.05) is 39.0 Å². The van der Waals surface area contributed by atoms with Crippen molar-refractivity contribution in [1.29, 1.82) is 0 Å². The fourth-order valence-electron chi connectivity index (χ4n) is 2.87. The summed E-state index contributed by atoms with van der Waals surface area (Å²) in [5.74, 6) is 0.870. The zero-order valence-electron chi connectivity index (χ0n) is 17.0. The van der Waals surface area contributed by atoms with Gasteiger partial charge in [0, 0.05) is 32.7 Å². The molecule has 2 rings (SSSR count). The molecule has 1 aromatic rings. The average Bonchev–Trinajstić information content (AvgIpc) is 2.65. The largest absolute Gasteiger partial charge is 0.378 e. The molecule has 1 heterocycles. The molecule has 0 radical (unpaired) electrons. The van der Waals surface area contributed by atoms with Gasteiger partial charge in [-0.25, -0.2) is 13.4 Å². The van der Waals surface area contributed by atoms with Gasteiger partial charge in [0.25, 0.3) is 0 Å². The lowest BCUT2D eigenvalue weighted by Crippen LogP contribution is -2.54. The summed E-state index contributed by atoms with van der Waals surface area (Å²) in [6.07, 6.45) is 0.0422. The first-order chi connectivity index (χ1) is 12.9. The van der Waals surface area contributed by atoms with Crippen LogP contribution in [0.1, 0.15) is 26.3 Å². The van der Waals surface area contributed by atoms with Crippen molar-refractivity contribution in [3.05, 3.63) is 35.9 Å². The molecule has 0 saturated carbocycles. The van der Waals surface area contributed by atoms with Gasteiger partial charge in [-0.3, -0.25) is 0 Å². The van der Waals surface area contributed by atoms with E-state index in [-0.39, 0.29) is 42.4 Å². The van der Waals surface area contributed by atoms with E-state index < -0.39 is 10.0 Å². The van der Waals surface area contributed by atoms with Gasteiger partial charge in [0.15, 0.2) is 5.96 Å².